The van der Waals surface area contributed by atoms with E-state index in [-0.39, 0.29) is 12.6 Å². The molecule has 1 aliphatic heterocycles. The van der Waals surface area contributed by atoms with Crippen LogP contribution in [0.4, 0.5) is 0 Å². The van der Waals surface area contributed by atoms with Crippen molar-refractivity contribution in [2.75, 3.05) is 39.9 Å². The van der Waals surface area contributed by atoms with Crippen LogP contribution in [-0.2, 0) is 9.53 Å². The number of unbranched alkanes of at least 4 members (excludes halogenated alkanes) is 1. The van der Waals surface area contributed by atoms with Gasteiger partial charge in [0.1, 0.15) is 0 Å². The van der Waals surface area contributed by atoms with E-state index in [2.05, 4.69) is 17.1 Å². The Morgan fingerprint density at radius 3 is 2.89 bits per heavy atom. The molecule has 0 aromatic rings. The van der Waals surface area contributed by atoms with Crippen LogP contribution in [0.5, 0.6) is 0 Å². The summed E-state index contributed by atoms with van der Waals surface area (Å²) in [7, 11) is 1.45. The molecule has 0 aromatic carbocycles. The molecule has 1 heterocycles. The fourth-order valence-electron chi connectivity index (χ4n) is 2.75. The summed E-state index contributed by atoms with van der Waals surface area (Å²) in [4.78, 5) is 13.8. The number of nitrogens with zero attached hydrogens (tertiary/aromatic N) is 1. The Hall–Kier alpha value is -0.650. The van der Waals surface area contributed by atoms with Gasteiger partial charge in [-0.05, 0) is 25.3 Å². The second-order valence-electron chi connectivity index (χ2n) is 5.37. The fourth-order valence-corrected chi connectivity index (χ4v) is 2.75. The largest absolute Gasteiger partial charge is 0.469 e. The van der Waals surface area contributed by atoms with Gasteiger partial charge < -0.3 is 20.1 Å². The van der Waals surface area contributed by atoms with E-state index >= 15 is 0 Å². The number of aliphatic hydroxyl groups excluding tert-OH is 1. The molecule has 0 spiro atoms. The maximum absolute atomic E-state index is 11.4. The average molecular weight is 272 g/mol. The molecule has 5 nitrogen and oxygen atoms in total. The van der Waals surface area contributed by atoms with Crippen molar-refractivity contribution in [1.29, 1.82) is 0 Å². The molecular weight excluding hydrogens is 244 g/mol. The van der Waals surface area contributed by atoms with Crippen LogP contribution in [-0.4, -0.2) is 61.9 Å². The first-order chi connectivity index (χ1) is 9.19. The van der Waals surface area contributed by atoms with Crippen LogP contribution in [0.15, 0.2) is 0 Å². The van der Waals surface area contributed by atoms with Crippen molar-refractivity contribution in [3.05, 3.63) is 0 Å². The van der Waals surface area contributed by atoms with Gasteiger partial charge in [-0.25, -0.2) is 0 Å². The van der Waals surface area contributed by atoms with Gasteiger partial charge in [-0.2, -0.15) is 0 Å². The second kappa shape index (κ2) is 9.28. The van der Waals surface area contributed by atoms with Crippen molar-refractivity contribution in [3.63, 3.8) is 0 Å². The molecule has 1 aliphatic rings. The van der Waals surface area contributed by atoms with Gasteiger partial charge in [0, 0.05) is 32.1 Å². The number of methoxy groups -OCH3 is 1. The zero-order valence-electron chi connectivity index (χ0n) is 12.2. The Bertz CT molecular complexity index is 245. The van der Waals surface area contributed by atoms with Crippen LogP contribution in [0.3, 0.4) is 0 Å². The lowest BCUT2D eigenvalue weighted by molar-refractivity contribution is -0.142. The van der Waals surface area contributed by atoms with Crippen molar-refractivity contribution in [1.82, 2.24) is 10.2 Å². The van der Waals surface area contributed by atoms with E-state index in [9.17, 15) is 4.79 Å². The van der Waals surface area contributed by atoms with Gasteiger partial charge in [0.25, 0.3) is 0 Å². The lowest BCUT2D eigenvalue weighted by atomic mass is 9.91. The number of ether oxygens (including phenoxy) is 1. The third-order valence-electron chi connectivity index (χ3n) is 3.67. The molecule has 19 heavy (non-hydrogen) atoms. The summed E-state index contributed by atoms with van der Waals surface area (Å²) in [5, 5.41) is 12.3. The number of piperidine rings is 1. The molecule has 2 atom stereocenters. The predicted molar refractivity (Wildman–Crippen MR) is 75.0 cm³/mol. The number of hydrogen-bond acceptors (Lipinski definition) is 5. The normalized spacial score (nSPS) is 24.4. The summed E-state index contributed by atoms with van der Waals surface area (Å²) in [6.07, 6.45) is 3.86. The van der Waals surface area contributed by atoms with E-state index in [1.807, 2.05) is 0 Å². The van der Waals surface area contributed by atoms with Gasteiger partial charge in [-0.15, -0.1) is 0 Å². The molecule has 0 aliphatic carbocycles. The molecule has 2 unspecified atom stereocenters. The zero-order valence-corrected chi connectivity index (χ0v) is 12.2. The van der Waals surface area contributed by atoms with Crippen LogP contribution < -0.4 is 5.32 Å². The Balaban J connectivity index is 2.47. The van der Waals surface area contributed by atoms with E-state index in [1.54, 1.807) is 0 Å². The average Bonchev–Trinajstić information content (AvgIpc) is 2.42. The SMILES string of the molecule is CCCCN1CC(CC(=O)OC)CC(NCCO)C1. The van der Waals surface area contributed by atoms with Crippen LogP contribution >= 0.6 is 0 Å². The van der Waals surface area contributed by atoms with Crippen LogP contribution in [0, 0.1) is 5.92 Å². The Morgan fingerprint density at radius 1 is 1.47 bits per heavy atom. The molecule has 1 fully saturated rings. The van der Waals surface area contributed by atoms with Crippen LogP contribution in [0.1, 0.15) is 32.6 Å². The first kappa shape index (κ1) is 16.4. The third kappa shape index (κ3) is 6.36. The number of esters is 1. The quantitative estimate of drug-likeness (QED) is 0.634. The topological polar surface area (TPSA) is 61.8 Å². The number of nitrogens with one attached hydrogen (secondary N) is 1. The van der Waals surface area contributed by atoms with E-state index in [1.165, 1.54) is 20.0 Å². The zero-order chi connectivity index (χ0) is 14.1. The highest BCUT2D eigenvalue weighted by Crippen LogP contribution is 2.21. The minimum Gasteiger partial charge on any atom is -0.469 e. The van der Waals surface area contributed by atoms with Crippen molar-refractivity contribution in [2.24, 2.45) is 5.92 Å². The highest BCUT2D eigenvalue weighted by molar-refractivity contribution is 5.69. The van der Waals surface area contributed by atoms with E-state index in [0.717, 1.165) is 26.1 Å². The number of likely N-dealkylation sites (tertiary alicyclic amines) is 1. The molecule has 0 radical (unpaired) electrons. The molecule has 1 saturated heterocycles. The van der Waals surface area contributed by atoms with Gasteiger partial charge >= 0.3 is 5.97 Å². The third-order valence-corrected chi connectivity index (χ3v) is 3.67. The number of aliphatic hydroxyl groups is 1. The maximum Gasteiger partial charge on any atom is 0.305 e. The first-order valence-corrected chi connectivity index (χ1v) is 7.33. The number of carbonyl (C=O) groups is 1. The molecule has 0 aromatic heterocycles. The smallest absolute Gasteiger partial charge is 0.305 e. The Morgan fingerprint density at radius 2 is 2.26 bits per heavy atom. The number of carbonyl (C=O) groups excluding carboxylic acids is 1. The van der Waals surface area contributed by atoms with Gasteiger partial charge in [0.15, 0.2) is 0 Å². The summed E-state index contributed by atoms with van der Waals surface area (Å²) >= 11 is 0. The predicted octanol–water partition coefficient (Wildman–Crippen LogP) is 0.622. The molecule has 0 bridgehead atoms. The highest BCUT2D eigenvalue weighted by Gasteiger charge is 2.28. The molecular formula is C14H28N2O3. The molecule has 1 rings (SSSR count). The van der Waals surface area contributed by atoms with Crippen LogP contribution in [0.25, 0.3) is 0 Å². The van der Waals surface area contributed by atoms with Gasteiger partial charge in [0.05, 0.1) is 13.7 Å². The maximum atomic E-state index is 11.4. The monoisotopic (exact) mass is 272 g/mol. The number of hydrogen-bond donors (Lipinski definition) is 2. The summed E-state index contributed by atoms with van der Waals surface area (Å²) in [5.74, 6) is 0.234. The lowest BCUT2D eigenvalue weighted by Gasteiger charge is -2.38. The Labute approximate surface area is 116 Å². The van der Waals surface area contributed by atoms with Crippen molar-refractivity contribution >= 4 is 5.97 Å². The van der Waals surface area contributed by atoms with Crippen molar-refractivity contribution < 1.29 is 14.6 Å². The molecule has 0 saturated carbocycles. The second-order valence-corrected chi connectivity index (χ2v) is 5.37. The Kier molecular flexibility index (Phi) is 8.02. The number of rotatable bonds is 8. The summed E-state index contributed by atoms with van der Waals surface area (Å²) < 4.78 is 4.77. The standard InChI is InChI=1S/C14H28N2O3/c1-3-4-6-16-10-12(9-14(18)19-2)8-13(11-16)15-5-7-17/h12-13,15,17H,3-11H2,1-2H3. The minimum atomic E-state index is -0.122. The van der Waals surface area contributed by atoms with E-state index < -0.39 is 0 Å². The summed E-state index contributed by atoms with van der Waals surface area (Å²) in [6, 6.07) is 0.368. The first-order valence-electron chi connectivity index (χ1n) is 7.33. The molecule has 112 valence electrons. The fraction of sp³-hybridized carbons (Fsp3) is 0.929. The van der Waals surface area contributed by atoms with E-state index in [0.29, 0.717) is 24.9 Å². The summed E-state index contributed by atoms with van der Waals surface area (Å²) in [5.41, 5.74) is 0. The van der Waals surface area contributed by atoms with Gasteiger partial charge in [0.2, 0.25) is 0 Å². The molecule has 2 N–H and O–H groups in total. The van der Waals surface area contributed by atoms with Crippen molar-refractivity contribution in [3.8, 4) is 0 Å². The van der Waals surface area contributed by atoms with E-state index in [4.69, 9.17) is 9.84 Å². The lowest BCUT2D eigenvalue weighted by Crippen LogP contribution is -2.50. The highest BCUT2D eigenvalue weighted by atomic mass is 16.5. The van der Waals surface area contributed by atoms with Crippen molar-refractivity contribution in [2.45, 2.75) is 38.6 Å². The molecule has 5 heteroatoms. The van der Waals surface area contributed by atoms with Gasteiger partial charge in [-0.1, -0.05) is 13.3 Å². The molecule has 0 amide bonds. The summed E-state index contributed by atoms with van der Waals surface area (Å²) in [6.45, 7) is 6.05. The van der Waals surface area contributed by atoms with Crippen LogP contribution in [0.2, 0.25) is 0 Å². The van der Waals surface area contributed by atoms with Gasteiger partial charge in [-0.3, -0.25) is 4.79 Å². The minimum absolute atomic E-state index is 0.122.